The van der Waals surface area contributed by atoms with Crippen LogP contribution in [0.3, 0.4) is 0 Å². The quantitative estimate of drug-likeness (QED) is 0.252. The van der Waals surface area contributed by atoms with Crippen molar-refractivity contribution in [2.45, 2.75) is 6.92 Å². The lowest BCUT2D eigenvalue weighted by Gasteiger charge is -2.04. The zero-order valence-corrected chi connectivity index (χ0v) is 18.9. The van der Waals surface area contributed by atoms with Crippen LogP contribution in [0.4, 0.5) is 5.13 Å². The second-order valence-corrected chi connectivity index (χ2v) is 8.69. The number of aromatic hydroxyl groups is 1. The van der Waals surface area contributed by atoms with Gasteiger partial charge in [0.15, 0.2) is 4.96 Å². The number of fused-ring (bicyclic) bond motifs is 1. The Bertz CT molecular complexity index is 1420. The number of phenolic OH excluding ortho intramolecular Hbond substituents is 1. The lowest BCUT2D eigenvalue weighted by Crippen LogP contribution is -1.97. The Morgan fingerprint density at radius 1 is 1.09 bits per heavy atom. The molecule has 0 spiro atoms. The molecule has 5 rings (SSSR count). The van der Waals surface area contributed by atoms with Crippen molar-refractivity contribution in [3.63, 3.8) is 0 Å². The average molecular weight is 462 g/mol. The summed E-state index contributed by atoms with van der Waals surface area (Å²) < 4.78 is 7.35. The molecular weight excluding hydrogens is 442 g/mol. The Balaban J connectivity index is 1.44. The summed E-state index contributed by atoms with van der Waals surface area (Å²) in [6.45, 7) is 2.05. The van der Waals surface area contributed by atoms with Crippen LogP contribution in [0, 0.1) is 6.92 Å². The Labute approximate surface area is 192 Å². The highest BCUT2D eigenvalue weighted by Crippen LogP contribution is 2.34. The molecule has 3 heterocycles. The van der Waals surface area contributed by atoms with Gasteiger partial charge in [-0.3, -0.25) is 9.83 Å². The first kappa shape index (κ1) is 20.2. The number of rotatable bonds is 6. The number of hydrazone groups is 1. The molecule has 160 valence electrons. The van der Waals surface area contributed by atoms with Crippen molar-refractivity contribution in [1.82, 2.24) is 14.4 Å². The van der Waals surface area contributed by atoms with Gasteiger partial charge >= 0.3 is 0 Å². The van der Waals surface area contributed by atoms with E-state index in [9.17, 15) is 5.11 Å². The fourth-order valence-corrected chi connectivity index (χ4v) is 4.93. The monoisotopic (exact) mass is 461 g/mol. The second-order valence-electron chi connectivity index (χ2n) is 7.00. The third-order valence-corrected chi connectivity index (χ3v) is 6.64. The average Bonchev–Trinajstić information content (AvgIpc) is 3.52. The molecule has 3 aromatic heterocycles. The van der Waals surface area contributed by atoms with Crippen LogP contribution in [0.25, 0.3) is 27.5 Å². The summed E-state index contributed by atoms with van der Waals surface area (Å²) >= 11 is 3.01. The topological polar surface area (TPSA) is 84.0 Å². The molecule has 7 nitrogen and oxygen atoms in total. The van der Waals surface area contributed by atoms with E-state index in [0.717, 1.165) is 27.6 Å². The zero-order valence-electron chi connectivity index (χ0n) is 17.3. The van der Waals surface area contributed by atoms with Crippen LogP contribution in [0.2, 0.25) is 0 Å². The van der Waals surface area contributed by atoms with Crippen molar-refractivity contribution >= 4 is 39.0 Å². The first-order chi connectivity index (χ1) is 15.6. The number of hydrogen-bond donors (Lipinski definition) is 2. The summed E-state index contributed by atoms with van der Waals surface area (Å²) in [5, 5.41) is 19.2. The first-order valence-electron chi connectivity index (χ1n) is 9.78. The van der Waals surface area contributed by atoms with Gasteiger partial charge in [-0.1, -0.05) is 30.3 Å². The number of imidazole rings is 1. The lowest BCUT2D eigenvalue weighted by molar-refractivity contribution is 0.412. The summed E-state index contributed by atoms with van der Waals surface area (Å²) in [6.07, 6.45) is 1.77. The van der Waals surface area contributed by atoms with Gasteiger partial charge in [-0.15, -0.1) is 22.7 Å². The third-order valence-electron chi connectivity index (χ3n) is 4.95. The Hall–Kier alpha value is -3.69. The Morgan fingerprint density at radius 2 is 1.94 bits per heavy atom. The minimum atomic E-state index is 0.147. The predicted octanol–water partition coefficient (Wildman–Crippen LogP) is 5.65. The number of phenols is 1. The number of nitrogens with zero attached hydrogens (tertiary/aromatic N) is 4. The molecular formula is C23H19N5O2S2. The van der Waals surface area contributed by atoms with Crippen molar-refractivity contribution in [2.24, 2.45) is 5.10 Å². The van der Waals surface area contributed by atoms with Gasteiger partial charge in [0.2, 0.25) is 5.13 Å². The minimum Gasteiger partial charge on any atom is -0.507 e. The van der Waals surface area contributed by atoms with E-state index < -0.39 is 0 Å². The van der Waals surface area contributed by atoms with Gasteiger partial charge in [0.05, 0.1) is 30.4 Å². The van der Waals surface area contributed by atoms with Crippen molar-refractivity contribution in [1.29, 1.82) is 0 Å². The van der Waals surface area contributed by atoms with Crippen LogP contribution >= 0.6 is 22.7 Å². The highest BCUT2D eigenvalue weighted by Gasteiger charge is 2.15. The fraction of sp³-hybridized carbons (Fsp3) is 0.0870. The van der Waals surface area contributed by atoms with Crippen molar-refractivity contribution < 1.29 is 9.84 Å². The van der Waals surface area contributed by atoms with E-state index in [-0.39, 0.29) is 5.75 Å². The number of hydrogen-bond acceptors (Lipinski definition) is 8. The highest BCUT2D eigenvalue weighted by atomic mass is 32.1. The predicted molar refractivity (Wildman–Crippen MR) is 130 cm³/mol. The highest BCUT2D eigenvalue weighted by molar-refractivity contribution is 7.15. The van der Waals surface area contributed by atoms with Gasteiger partial charge in [-0.05, 0) is 25.1 Å². The first-order valence-corrected chi connectivity index (χ1v) is 11.5. The molecule has 0 amide bonds. The number of nitrogens with one attached hydrogen (secondary N) is 1. The van der Waals surface area contributed by atoms with E-state index in [1.165, 1.54) is 11.3 Å². The maximum absolute atomic E-state index is 10.2. The molecule has 32 heavy (non-hydrogen) atoms. The molecule has 0 aliphatic carbocycles. The fourth-order valence-electron chi connectivity index (χ4n) is 3.39. The second kappa shape index (κ2) is 8.45. The van der Waals surface area contributed by atoms with Crippen molar-refractivity contribution in [3.8, 4) is 34.0 Å². The van der Waals surface area contributed by atoms with Crippen LogP contribution in [-0.2, 0) is 0 Å². The molecule has 0 fully saturated rings. The van der Waals surface area contributed by atoms with Crippen LogP contribution in [0.5, 0.6) is 11.5 Å². The number of thiazole rings is 2. The number of ether oxygens (including phenoxy) is 1. The standard InChI is InChI=1S/C23H19N5O2S2/c1-14-12-32-23-26-21(15-6-4-3-5-7-15)19(28(14)23)11-24-27-22-25-18(13-31-22)17-10-16(30-2)8-9-20(17)29/h3-13,29H,1-2H3,(H,25,27)/b24-11-. The molecule has 0 bridgehead atoms. The van der Waals surface area contributed by atoms with Crippen LogP contribution in [0.1, 0.15) is 11.4 Å². The Morgan fingerprint density at radius 3 is 2.75 bits per heavy atom. The summed E-state index contributed by atoms with van der Waals surface area (Å²) in [7, 11) is 1.59. The van der Waals surface area contributed by atoms with Gasteiger partial charge in [-0.25, -0.2) is 9.97 Å². The van der Waals surface area contributed by atoms with E-state index in [4.69, 9.17) is 9.72 Å². The number of methoxy groups -OCH3 is 1. The van der Waals surface area contributed by atoms with Gasteiger partial charge in [0, 0.05) is 27.6 Å². The van der Waals surface area contributed by atoms with Gasteiger partial charge in [0.1, 0.15) is 11.5 Å². The van der Waals surface area contributed by atoms with Crippen molar-refractivity contribution in [3.05, 3.63) is 70.7 Å². The molecule has 0 aliphatic rings. The zero-order chi connectivity index (χ0) is 22.1. The van der Waals surface area contributed by atoms with Crippen molar-refractivity contribution in [2.75, 3.05) is 12.5 Å². The van der Waals surface area contributed by atoms with Gasteiger partial charge < -0.3 is 9.84 Å². The summed E-state index contributed by atoms with van der Waals surface area (Å²) in [5.74, 6) is 0.802. The molecule has 0 unspecified atom stereocenters. The minimum absolute atomic E-state index is 0.147. The maximum atomic E-state index is 10.2. The van der Waals surface area contributed by atoms with E-state index in [2.05, 4.69) is 32.2 Å². The van der Waals surface area contributed by atoms with Crippen LogP contribution < -0.4 is 10.2 Å². The summed E-state index contributed by atoms with van der Waals surface area (Å²) in [4.78, 5) is 10.3. The Kier molecular flexibility index (Phi) is 5.34. The van der Waals surface area contributed by atoms with Crippen LogP contribution in [0.15, 0.2) is 64.4 Å². The third kappa shape index (κ3) is 3.72. The lowest BCUT2D eigenvalue weighted by atomic mass is 10.1. The SMILES string of the molecule is COc1ccc(O)c(-c2csc(N/N=C\c3c(-c4ccccc4)nc4scc(C)n34)n2)c1. The smallest absolute Gasteiger partial charge is 0.203 e. The molecule has 0 radical (unpaired) electrons. The normalized spacial score (nSPS) is 11.4. The molecule has 0 saturated heterocycles. The molecule has 9 heteroatoms. The molecule has 0 atom stereocenters. The van der Waals surface area contributed by atoms with E-state index in [1.807, 2.05) is 35.7 Å². The van der Waals surface area contributed by atoms with E-state index in [0.29, 0.717) is 22.1 Å². The number of anilines is 1. The molecule has 5 aromatic rings. The molecule has 0 saturated carbocycles. The maximum Gasteiger partial charge on any atom is 0.203 e. The van der Waals surface area contributed by atoms with Gasteiger partial charge in [-0.2, -0.15) is 5.10 Å². The summed E-state index contributed by atoms with van der Waals surface area (Å²) in [6, 6.07) is 15.1. The largest absolute Gasteiger partial charge is 0.507 e. The number of benzene rings is 2. The molecule has 0 aliphatic heterocycles. The number of aryl methyl sites for hydroxylation is 1. The van der Waals surface area contributed by atoms with E-state index in [1.54, 1.807) is 42.9 Å². The summed E-state index contributed by atoms with van der Waals surface area (Å²) in [5.41, 5.74) is 8.18. The number of aromatic nitrogens is 3. The van der Waals surface area contributed by atoms with Crippen LogP contribution in [-0.4, -0.2) is 32.8 Å². The molecule has 2 N–H and O–H groups in total. The molecule has 2 aromatic carbocycles. The van der Waals surface area contributed by atoms with Gasteiger partial charge in [0.25, 0.3) is 0 Å². The van der Waals surface area contributed by atoms with E-state index >= 15 is 0 Å².